The van der Waals surface area contributed by atoms with Crippen LogP contribution in [0.5, 0.6) is 0 Å². The van der Waals surface area contributed by atoms with Crippen LogP contribution in [0.2, 0.25) is 0 Å². The molecule has 1 aromatic rings. The normalized spacial score (nSPS) is 17.2. The minimum Gasteiger partial charge on any atom is -0.369 e. The first-order valence-corrected chi connectivity index (χ1v) is 8.29. The summed E-state index contributed by atoms with van der Waals surface area (Å²) in [7, 11) is 0. The first kappa shape index (κ1) is 16.3. The third kappa shape index (κ3) is 5.01. The van der Waals surface area contributed by atoms with E-state index < -0.39 is 0 Å². The Morgan fingerprint density at radius 1 is 1.14 bits per heavy atom. The summed E-state index contributed by atoms with van der Waals surface area (Å²) in [5, 5.41) is 3.65. The van der Waals surface area contributed by atoms with Crippen LogP contribution in [-0.2, 0) is 0 Å². The van der Waals surface area contributed by atoms with Gasteiger partial charge in [-0.15, -0.1) is 0 Å². The lowest BCUT2D eigenvalue weighted by molar-refractivity contribution is 0.243. The van der Waals surface area contributed by atoms with Crippen LogP contribution in [0.3, 0.4) is 0 Å². The van der Waals surface area contributed by atoms with Gasteiger partial charge < -0.3 is 10.2 Å². The first-order valence-electron chi connectivity index (χ1n) is 8.29. The number of hydrogen-bond acceptors (Lipinski definition) is 3. The Balaban J connectivity index is 1.73. The number of aryl methyl sites for hydroxylation is 1. The zero-order valence-corrected chi connectivity index (χ0v) is 14.2. The Hall–Kier alpha value is -1.06. The van der Waals surface area contributed by atoms with Gasteiger partial charge in [0.15, 0.2) is 0 Å². The molecule has 0 atom stereocenters. The zero-order valence-electron chi connectivity index (χ0n) is 14.2. The standard InChI is InChI=1S/C18H31N3/c1-5-18(3,4)19-9-10-20-11-13-21(14-12-20)17-8-6-7-16(2)15-17/h6-8,15,19H,5,9-14H2,1-4H3. The highest BCUT2D eigenvalue weighted by atomic mass is 15.3. The van der Waals surface area contributed by atoms with Crippen molar-refractivity contribution < 1.29 is 0 Å². The second-order valence-corrected chi connectivity index (χ2v) is 6.83. The van der Waals surface area contributed by atoms with Crippen molar-refractivity contribution in [2.75, 3.05) is 44.2 Å². The number of rotatable bonds is 6. The predicted molar refractivity (Wildman–Crippen MR) is 92.2 cm³/mol. The maximum atomic E-state index is 3.65. The molecule has 1 fully saturated rings. The predicted octanol–water partition coefficient (Wildman–Crippen LogP) is 2.90. The van der Waals surface area contributed by atoms with Gasteiger partial charge in [-0.25, -0.2) is 0 Å². The highest BCUT2D eigenvalue weighted by molar-refractivity contribution is 5.48. The van der Waals surface area contributed by atoms with Crippen LogP contribution < -0.4 is 10.2 Å². The van der Waals surface area contributed by atoms with E-state index in [9.17, 15) is 0 Å². The van der Waals surface area contributed by atoms with E-state index >= 15 is 0 Å². The summed E-state index contributed by atoms with van der Waals surface area (Å²) in [5.41, 5.74) is 2.99. The molecule has 0 spiro atoms. The van der Waals surface area contributed by atoms with Gasteiger partial charge >= 0.3 is 0 Å². The molecule has 1 N–H and O–H groups in total. The maximum absolute atomic E-state index is 3.65. The average Bonchev–Trinajstić information content (AvgIpc) is 2.48. The molecule has 3 heteroatoms. The number of hydrogen-bond donors (Lipinski definition) is 1. The van der Waals surface area contributed by atoms with Gasteiger partial charge in [-0.3, -0.25) is 4.90 Å². The van der Waals surface area contributed by atoms with Crippen molar-refractivity contribution in [3.8, 4) is 0 Å². The molecule has 1 aromatic carbocycles. The van der Waals surface area contributed by atoms with E-state index in [0.29, 0.717) is 0 Å². The van der Waals surface area contributed by atoms with Crippen molar-refractivity contribution in [2.45, 2.75) is 39.7 Å². The molecular weight excluding hydrogens is 258 g/mol. The molecule has 0 bridgehead atoms. The zero-order chi connectivity index (χ0) is 15.3. The number of piperazine rings is 1. The molecule has 0 unspecified atom stereocenters. The van der Waals surface area contributed by atoms with Crippen molar-refractivity contribution in [1.29, 1.82) is 0 Å². The fourth-order valence-electron chi connectivity index (χ4n) is 2.73. The van der Waals surface area contributed by atoms with Gasteiger partial charge in [-0.05, 0) is 44.9 Å². The topological polar surface area (TPSA) is 18.5 Å². The largest absolute Gasteiger partial charge is 0.369 e. The molecule has 0 aromatic heterocycles. The fourth-order valence-corrected chi connectivity index (χ4v) is 2.73. The van der Waals surface area contributed by atoms with Gasteiger partial charge in [0.2, 0.25) is 0 Å². The lowest BCUT2D eigenvalue weighted by atomic mass is 10.0. The summed E-state index contributed by atoms with van der Waals surface area (Å²) in [6, 6.07) is 8.85. The third-order valence-electron chi connectivity index (χ3n) is 4.65. The van der Waals surface area contributed by atoms with Crippen LogP contribution in [0.4, 0.5) is 5.69 Å². The van der Waals surface area contributed by atoms with Crippen LogP contribution in [0.1, 0.15) is 32.8 Å². The summed E-state index contributed by atoms with van der Waals surface area (Å²) in [6.45, 7) is 15.8. The molecule has 0 radical (unpaired) electrons. The molecule has 0 amide bonds. The molecule has 0 saturated carbocycles. The van der Waals surface area contributed by atoms with Gasteiger partial charge in [0.25, 0.3) is 0 Å². The summed E-state index contributed by atoms with van der Waals surface area (Å²) in [5.74, 6) is 0. The summed E-state index contributed by atoms with van der Waals surface area (Å²) < 4.78 is 0. The highest BCUT2D eigenvalue weighted by Gasteiger charge is 2.18. The Labute approximate surface area is 130 Å². The highest BCUT2D eigenvalue weighted by Crippen LogP contribution is 2.17. The van der Waals surface area contributed by atoms with Crippen molar-refractivity contribution in [3.05, 3.63) is 29.8 Å². The maximum Gasteiger partial charge on any atom is 0.0369 e. The molecule has 1 heterocycles. The number of nitrogens with zero attached hydrogens (tertiary/aromatic N) is 2. The molecule has 1 aliphatic heterocycles. The van der Waals surface area contributed by atoms with Crippen molar-refractivity contribution in [2.24, 2.45) is 0 Å². The average molecular weight is 289 g/mol. The van der Waals surface area contributed by atoms with E-state index in [1.165, 1.54) is 30.8 Å². The fraction of sp³-hybridized carbons (Fsp3) is 0.667. The molecule has 1 aliphatic rings. The second kappa shape index (κ2) is 7.28. The Bertz CT molecular complexity index is 434. The smallest absolute Gasteiger partial charge is 0.0369 e. The minimum absolute atomic E-state index is 0.267. The monoisotopic (exact) mass is 289 g/mol. The molecule has 21 heavy (non-hydrogen) atoms. The Morgan fingerprint density at radius 2 is 1.86 bits per heavy atom. The van der Waals surface area contributed by atoms with Crippen molar-refractivity contribution in [3.63, 3.8) is 0 Å². The second-order valence-electron chi connectivity index (χ2n) is 6.83. The van der Waals surface area contributed by atoms with Crippen LogP contribution >= 0.6 is 0 Å². The Kier molecular flexibility index (Phi) is 5.65. The summed E-state index contributed by atoms with van der Waals surface area (Å²) in [4.78, 5) is 5.08. The summed E-state index contributed by atoms with van der Waals surface area (Å²) in [6.07, 6.45) is 1.17. The van der Waals surface area contributed by atoms with Gasteiger partial charge in [0.05, 0.1) is 0 Å². The number of nitrogens with one attached hydrogen (secondary N) is 1. The van der Waals surface area contributed by atoms with Gasteiger partial charge in [0, 0.05) is 50.5 Å². The summed E-state index contributed by atoms with van der Waals surface area (Å²) >= 11 is 0. The number of benzene rings is 1. The van der Waals surface area contributed by atoms with Gasteiger partial charge in [-0.2, -0.15) is 0 Å². The Morgan fingerprint density at radius 3 is 2.48 bits per heavy atom. The minimum atomic E-state index is 0.267. The third-order valence-corrected chi connectivity index (χ3v) is 4.65. The van der Waals surface area contributed by atoms with E-state index in [4.69, 9.17) is 0 Å². The van der Waals surface area contributed by atoms with E-state index in [1.807, 2.05) is 0 Å². The molecule has 2 rings (SSSR count). The van der Waals surface area contributed by atoms with E-state index in [-0.39, 0.29) is 5.54 Å². The van der Waals surface area contributed by atoms with Gasteiger partial charge in [0.1, 0.15) is 0 Å². The van der Waals surface area contributed by atoms with Crippen molar-refractivity contribution >= 4 is 5.69 Å². The lowest BCUT2D eigenvalue weighted by Crippen LogP contribution is -2.50. The number of anilines is 1. The molecule has 0 aliphatic carbocycles. The molecule has 3 nitrogen and oxygen atoms in total. The van der Waals surface area contributed by atoms with Crippen LogP contribution in [0.25, 0.3) is 0 Å². The van der Waals surface area contributed by atoms with Crippen LogP contribution in [-0.4, -0.2) is 49.7 Å². The molecule has 118 valence electrons. The van der Waals surface area contributed by atoms with E-state index in [0.717, 1.165) is 26.2 Å². The van der Waals surface area contributed by atoms with E-state index in [2.05, 4.69) is 67.1 Å². The SMILES string of the molecule is CCC(C)(C)NCCN1CCN(c2cccc(C)c2)CC1. The van der Waals surface area contributed by atoms with Gasteiger partial charge in [-0.1, -0.05) is 19.1 Å². The molecule has 1 saturated heterocycles. The first-order chi connectivity index (χ1) is 10.00. The lowest BCUT2D eigenvalue weighted by Gasteiger charge is -2.37. The van der Waals surface area contributed by atoms with E-state index in [1.54, 1.807) is 0 Å². The van der Waals surface area contributed by atoms with Crippen LogP contribution in [0.15, 0.2) is 24.3 Å². The van der Waals surface area contributed by atoms with Crippen LogP contribution in [0, 0.1) is 6.92 Å². The quantitative estimate of drug-likeness (QED) is 0.869. The molecular formula is C18H31N3. The van der Waals surface area contributed by atoms with Crippen molar-refractivity contribution in [1.82, 2.24) is 10.2 Å².